The number of nitrogens with two attached hydrogens (primary N) is 1. The maximum absolute atomic E-state index is 12.7. The second kappa shape index (κ2) is 9.45. The van der Waals surface area contributed by atoms with E-state index < -0.39 is 20.9 Å². The van der Waals surface area contributed by atoms with Gasteiger partial charge in [-0.2, -0.15) is 4.31 Å². The van der Waals surface area contributed by atoms with Crippen LogP contribution in [0.3, 0.4) is 0 Å². The van der Waals surface area contributed by atoms with E-state index in [2.05, 4.69) is 0 Å². The predicted octanol–water partition coefficient (Wildman–Crippen LogP) is 1.32. The lowest BCUT2D eigenvalue weighted by molar-refractivity contribution is -0.387. The zero-order valence-electron chi connectivity index (χ0n) is 16.3. The molecule has 164 valence electrons. The van der Waals surface area contributed by atoms with Gasteiger partial charge in [-0.25, -0.2) is 8.42 Å². The highest BCUT2D eigenvalue weighted by molar-refractivity contribution is 8.00. The fourth-order valence-electron chi connectivity index (χ4n) is 3.09. The highest BCUT2D eigenvalue weighted by Crippen LogP contribution is 2.30. The molecule has 1 saturated heterocycles. The normalized spacial score (nSPS) is 14.9. The molecule has 31 heavy (non-hydrogen) atoms. The summed E-state index contributed by atoms with van der Waals surface area (Å²) in [6.07, 6.45) is 0. The fraction of sp³-hybridized carbons (Fsp3) is 0.263. The van der Waals surface area contributed by atoms with Gasteiger partial charge in [0, 0.05) is 37.8 Å². The van der Waals surface area contributed by atoms with Gasteiger partial charge in [-0.05, 0) is 24.3 Å². The van der Waals surface area contributed by atoms with Crippen molar-refractivity contribution in [3.05, 3.63) is 64.2 Å². The molecule has 0 atom stereocenters. The van der Waals surface area contributed by atoms with Crippen LogP contribution in [0, 0.1) is 10.1 Å². The van der Waals surface area contributed by atoms with E-state index in [1.54, 1.807) is 18.2 Å². The van der Waals surface area contributed by atoms with Crippen molar-refractivity contribution >= 4 is 39.3 Å². The smallest absolute Gasteiger partial charge is 0.283 e. The number of hydrogen-bond donors (Lipinski definition) is 1. The Hall–Kier alpha value is -2.96. The molecule has 10 nitrogen and oxygen atoms in total. The van der Waals surface area contributed by atoms with E-state index in [0.29, 0.717) is 0 Å². The molecule has 3 rings (SSSR count). The summed E-state index contributed by atoms with van der Waals surface area (Å²) in [5, 5.41) is 11.3. The Morgan fingerprint density at radius 1 is 1.06 bits per heavy atom. The van der Waals surface area contributed by atoms with Gasteiger partial charge >= 0.3 is 0 Å². The number of primary amides is 1. The Kier molecular flexibility index (Phi) is 6.93. The van der Waals surface area contributed by atoms with Gasteiger partial charge in [0.05, 0.1) is 20.5 Å². The maximum atomic E-state index is 12.7. The highest BCUT2D eigenvalue weighted by atomic mass is 32.2. The van der Waals surface area contributed by atoms with E-state index in [9.17, 15) is 28.1 Å². The summed E-state index contributed by atoms with van der Waals surface area (Å²) < 4.78 is 26.7. The van der Waals surface area contributed by atoms with Gasteiger partial charge in [0.15, 0.2) is 0 Å². The van der Waals surface area contributed by atoms with Crippen molar-refractivity contribution in [2.24, 2.45) is 5.73 Å². The van der Waals surface area contributed by atoms with Crippen LogP contribution in [-0.4, -0.2) is 66.3 Å². The molecule has 2 amide bonds. The van der Waals surface area contributed by atoms with Gasteiger partial charge in [-0.3, -0.25) is 19.7 Å². The molecule has 0 bridgehead atoms. The summed E-state index contributed by atoms with van der Waals surface area (Å²) in [6, 6.07) is 11.9. The topological polar surface area (TPSA) is 144 Å². The van der Waals surface area contributed by atoms with Crippen LogP contribution in [0.4, 0.5) is 5.69 Å². The van der Waals surface area contributed by atoms with Crippen LogP contribution in [-0.2, 0) is 14.8 Å². The summed E-state index contributed by atoms with van der Waals surface area (Å²) in [7, 11) is -3.62. The minimum Gasteiger partial charge on any atom is -0.366 e. The van der Waals surface area contributed by atoms with Crippen LogP contribution in [0.2, 0.25) is 0 Å². The lowest BCUT2D eigenvalue weighted by atomic mass is 10.2. The van der Waals surface area contributed by atoms with E-state index in [0.717, 1.165) is 17.8 Å². The van der Waals surface area contributed by atoms with Crippen molar-refractivity contribution in [2.75, 3.05) is 31.9 Å². The van der Waals surface area contributed by atoms with Crippen molar-refractivity contribution in [3.63, 3.8) is 0 Å². The van der Waals surface area contributed by atoms with Crippen LogP contribution in [0.1, 0.15) is 10.4 Å². The molecule has 2 N–H and O–H groups in total. The van der Waals surface area contributed by atoms with E-state index in [1.807, 2.05) is 0 Å². The van der Waals surface area contributed by atoms with Gasteiger partial charge in [0.1, 0.15) is 0 Å². The van der Waals surface area contributed by atoms with E-state index in [4.69, 9.17) is 5.73 Å². The Bertz CT molecular complexity index is 1100. The average Bonchev–Trinajstić information content (AvgIpc) is 2.77. The Labute approximate surface area is 183 Å². The number of rotatable bonds is 7. The Balaban J connectivity index is 1.60. The highest BCUT2D eigenvalue weighted by Gasteiger charge is 2.30. The maximum Gasteiger partial charge on any atom is 0.283 e. The number of carbonyl (C=O) groups excluding carboxylic acids is 2. The molecule has 1 heterocycles. The molecule has 1 aliphatic heterocycles. The number of nitro groups is 1. The van der Waals surface area contributed by atoms with E-state index in [1.165, 1.54) is 33.5 Å². The second-order valence-corrected chi connectivity index (χ2v) is 9.65. The lowest BCUT2D eigenvalue weighted by Crippen LogP contribution is -2.50. The van der Waals surface area contributed by atoms with Crippen molar-refractivity contribution < 1.29 is 22.9 Å². The summed E-state index contributed by atoms with van der Waals surface area (Å²) in [4.78, 5) is 36.4. The summed E-state index contributed by atoms with van der Waals surface area (Å²) in [5.41, 5.74) is 4.87. The number of benzene rings is 2. The summed E-state index contributed by atoms with van der Waals surface area (Å²) in [6.45, 7) is 0.796. The molecule has 0 spiro atoms. The van der Waals surface area contributed by atoms with Gasteiger partial charge in [0.25, 0.3) is 5.69 Å². The predicted molar refractivity (Wildman–Crippen MR) is 114 cm³/mol. The molecule has 0 aliphatic carbocycles. The quantitative estimate of drug-likeness (QED) is 0.370. The van der Waals surface area contributed by atoms with Crippen molar-refractivity contribution in [1.29, 1.82) is 0 Å². The molecule has 1 aliphatic rings. The number of sulfonamides is 1. The number of nitro benzene ring substituents is 1. The number of amides is 2. The largest absolute Gasteiger partial charge is 0.366 e. The molecule has 0 radical (unpaired) electrons. The van der Waals surface area contributed by atoms with Gasteiger partial charge in [-0.15, -0.1) is 11.8 Å². The van der Waals surface area contributed by atoms with Crippen molar-refractivity contribution in [1.82, 2.24) is 9.21 Å². The molecule has 1 fully saturated rings. The third-order valence-electron chi connectivity index (χ3n) is 4.76. The number of nitrogens with zero attached hydrogens (tertiary/aromatic N) is 3. The fourth-order valence-corrected chi connectivity index (χ4v) is 5.44. The van der Waals surface area contributed by atoms with Gasteiger partial charge < -0.3 is 10.6 Å². The number of carbonyl (C=O) groups is 2. The van der Waals surface area contributed by atoms with Crippen LogP contribution in [0.15, 0.2) is 58.3 Å². The van der Waals surface area contributed by atoms with Crippen LogP contribution >= 0.6 is 11.8 Å². The average molecular weight is 465 g/mol. The first-order chi connectivity index (χ1) is 14.7. The molecule has 12 heteroatoms. The lowest BCUT2D eigenvalue weighted by Gasteiger charge is -2.34. The van der Waals surface area contributed by atoms with E-state index >= 15 is 0 Å². The van der Waals surface area contributed by atoms with Crippen LogP contribution in [0.25, 0.3) is 0 Å². The van der Waals surface area contributed by atoms with Crippen LogP contribution in [0.5, 0.6) is 0 Å². The first kappa shape index (κ1) is 22.7. The molecule has 2 aromatic carbocycles. The van der Waals surface area contributed by atoms with Crippen molar-refractivity contribution in [2.45, 2.75) is 9.79 Å². The Morgan fingerprint density at radius 3 is 2.29 bits per heavy atom. The molecular weight excluding hydrogens is 444 g/mol. The minimum absolute atomic E-state index is 0.0122. The summed E-state index contributed by atoms with van der Waals surface area (Å²) in [5.74, 6) is -1.09. The standard InChI is InChI=1S/C19H20N4O6S2/c20-19(25)14-6-7-17(16(12-14)23(26)27)30-13-18(24)21-8-10-22(11-9-21)31(28,29)15-4-2-1-3-5-15/h1-7,12H,8-11,13H2,(H2,20,25). The second-order valence-electron chi connectivity index (χ2n) is 6.69. The molecule has 0 aromatic heterocycles. The molecule has 0 saturated carbocycles. The number of hydrogen-bond acceptors (Lipinski definition) is 7. The van der Waals surface area contributed by atoms with Gasteiger partial charge in [0.2, 0.25) is 21.8 Å². The van der Waals surface area contributed by atoms with Crippen molar-refractivity contribution in [3.8, 4) is 0 Å². The zero-order chi connectivity index (χ0) is 22.6. The minimum atomic E-state index is -3.62. The third-order valence-corrected chi connectivity index (χ3v) is 7.72. The molecular formula is C19H20N4O6S2. The Morgan fingerprint density at radius 2 is 1.71 bits per heavy atom. The van der Waals surface area contributed by atoms with E-state index in [-0.39, 0.29) is 58.9 Å². The number of piperazine rings is 1. The number of thioether (sulfide) groups is 1. The molecule has 0 unspecified atom stereocenters. The SMILES string of the molecule is NC(=O)c1ccc(SCC(=O)N2CCN(S(=O)(=O)c3ccccc3)CC2)c([N+](=O)[O-])c1. The third kappa shape index (κ3) is 5.21. The first-order valence-corrected chi connectivity index (χ1v) is 11.7. The monoisotopic (exact) mass is 464 g/mol. The summed E-state index contributed by atoms with van der Waals surface area (Å²) >= 11 is 0.984. The first-order valence-electron chi connectivity index (χ1n) is 9.24. The molecule has 2 aromatic rings. The van der Waals surface area contributed by atoms with Gasteiger partial charge in [-0.1, -0.05) is 18.2 Å². The van der Waals surface area contributed by atoms with Crippen LogP contribution < -0.4 is 5.73 Å². The zero-order valence-corrected chi connectivity index (χ0v) is 18.0.